The fourth-order valence-electron chi connectivity index (χ4n) is 2.14. The van der Waals surface area contributed by atoms with E-state index in [2.05, 4.69) is 10.3 Å². The summed E-state index contributed by atoms with van der Waals surface area (Å²) < 4.78 is 5.51. The summed E-state index contributed by atoms with van der Waals surface area (Å²) in [5.74, 6) is 1.60. The number of nitrogens with one attached hydrogen (secondary N) is 1. The van der Waals surface area contributed by atoms with Gasteiger partial charge in [-0.15, -0.1) is 0 Å². The Hall–Kier alpha value is -1.36. The molecule has 1 atom stereocenters. The SMILES string of the molecule is CNC1CCCN(Cc2nc(C)c(C)o2)C1=O. The number of piperidine rings is 1. The van der Waals surface area contributed by atoms with Crippen LogP contribution < -0.4 is 5.32 Å². The fourth-order valence-corrected chi connectivity index (χ4v) is 2.14. The van der Waals surface area contributed by atoms with Crippen LogP contribution >= 0.6 is 0 Å². The predicted octanol–water partition coefficient (Wildman–Crippen LogP) is 1.00. The van der Waals surface area contributed by atoms with E-state index in [0.717, 1.165) is 30.8 Å². The number of hydrogen-bond acceptors (Lipinski definition) is 4. The van der Waals surface area contributed by atoms with Crippen LogP contribution in [-0.4, -0.2) is 35.4 Å². The van der Waals surface area contributed by atoms with Crippen molar-refractivity contribution in [3.63, 3.8) is 0 Å². The summed E-state index contributed by atoms with van der Waals surface area (Å²) >= 11 is 0. The van der Waals surface area contributed by atoms with Gasteiger partial charge in [-0.05, 0) is 33.7 Å². The van der Waals surface area contributed by atoms with E-state index in [1.165, 1.54) is 0 Å². The summed E-state index contributed by atoms with van der Waals surface area (Å²) in [6.07, 6.45) is 1.94. The first-order valence-electron chi connectivity index (χ1n) is 6.00. The van der Waals surface area contributed by atoms with Gasteiger partial charge in [-0.2, -0.15) is 0 Å². The molecule has 1 aromatic rings. The largest absolute Gasteiger partial charge is 0.444 e. The molecule has 17 heavy (non-hydrogen) atoms. The summed E-state index contributed by atoms with van der Waals surface area (Å²) in [4.78, 5) is 18.2. The number of likely N-dealkylation sites (N-methyl/N-ethyl adjacent to an activating group) is 1. The fraction of sp³-hybridized carbons (Fsp3) is 0.667. The molecule has 1 N–H and O–H groups in total. The molecule has 2 rings (SSSR count). The maximum absolute atomic E-state index is 12.0. The quantitative estimate of drug-likeness (QED) is 0.852. The minimum atomic E-state index is -0.0547. The van der Waals surface area contributed by atoms with Gasteiger partial charge in [0.2, 0.25) is 11.8 Å². The Morgan fingerprint density at radius 1 is 1.53 bits per heavy atom. The maximum Gasteiger partial charge on any atom is 0.240 e. The van der Waals surface area contributed by atoms with Gasteiger partial charge in [0.15, 0.2) is 0 Å². The number of likely N-dealkylation sites (tertiary alicyclic amines) is 1. The van der Waals surface area contributed by atoms with Gasteiger partial charge in [-0.1, -0.05) is 0 Å². The molecular weight excluding hydrogens is 218 g/mol. The number of rotatable bonds is 3. The van der Waals surface area contributed by atoms with Gasteiger partial charge in [0.05, 0.1) is 18.3 Å². The van der Waals surface area contributed by atoms with Crippen molar-refractivity contribution < 1.29 is 9.21 Å². The summed E-state index contributed by atoms with van der Waals surface area (Å²) in [5, 5.41) is 3.04. The average molecular weight is 237 g/mol. The lowest BCUT2D eigenvalue weighted by atomic mass is 10.1. The van der Waals surface area contributed by atoms with Crippen LogP contribution in [0.3, 0.4) is 0 Å². The van der Waals surface area contributed by atoms with Gasteiger partial charge in [-0.25, -0.2) is 4.98 Å². The van der Waals surface area contributed by atoms with E-state index < -0.39 is 0 Å². The monoisotopic (exact) mass is 237 g/mol. The molecule has 1 fully saturated rings. The Morgan fingerprint density at radius 3 is 2.88 bits per heavy atom. The molecule has 5 nitrogen and oxygen atoms in total. The highest BCUT2D eigenvalue weighted by Crippen LogP contribution is 2.16. The zero-order chi connectivity index (χ0) is 12.4. The first kappa shape index (κ1) is 12.1. The van der Waals surface area contributed by atoms with Gasteiger partial charge < -0.3 is 14.6 Å². The standard InChI is InChI=1S/C12H19N3O2/c1-8-9(2)17-11(14-8)7-15-6-4-5-10(13-3)12(15)16/h10,13H,4-7H2,1-3H3. The molecule has 0 saturated carbocycles. The van der Waals surface area contributed by atoms with Crippen LogP contribution in [0.1, 0.15) is 30.2 Å². The molecule has 1 aliphatic rings. The van der Waals surface area contributed by atoms with Crippen molar-refractivity contribution >= 4 is 5.91 Å². The molecule has 0 bridgehead atoms. The van der Waals surface area contributed by atoms with Gasteiger partial charge in [-0.3, -0.25) is 4.79 Å². The first-order chi connectivity index (χ1) is 8.11. The second-order valence-corrected chi connectivity index (χ2v) is 4.49. The van der Waals surface area contributed by atoms with Gasteiger partial charge >= 0.3 is 0 Å². The van der Waals surface area contributed by atoms with Crippen LogP contribution in [0.25, 0.3) is 0 Å². The Labute approximate surface area is 101 Å². The minimum absolute atomic E-state index is 0.0547. The van der Waals surface area contributed by atoms with Gasteiger partial charge in [0.1, 0.15) is 5.76 Å². The molecule has 1 unspecified atom stereocenters. The Balaban J connectivity index is 2.05. The Bertz CT molecular complexity index is 394. The van der Waals surface area contributed by atoms with Crippen LogP contribution in [0.2, 0.25) is 0 Å². The first-order valence-corrected chi connectivity index (χ1v) is 6.00. The van der Waals surface area contributed by atoms with Crippen molar-refractivity contribution in [2.24, 2.45) is 0 Å². The molecule has 0 aromatic carbocycles. The van der Waals surface area contributed by atoms with Gasteiger partial charge in [0.25, 0.3) is 0 Å². The molecule has 5 heteroatoms. The summed E-state index contributed by atoms with van der Waals surface area (Å²) in [5.41, 5.74) is 0.898. The second-order valence-electron chi connectivity index (χ2n) is 4.49. The third-order valence-corrected chi connectivity index (χ3v) is 3.28. The molecule has 0 spiro atoms. The molecule has 1 aromatic heterocycles. The molecule has 1 amide bonds. The van der Waals surface area contributed by atoms with Crippen molar-refractivity contribution in [3.05, 3.63) is 17.3 Å². The number of oxazole rings is 1. The number of carbonyl (C=O) groups excluding carboxylic acids is 1. The van der Waals surface area contributed by atoms with Crippen LogP contribution in [0.4, 0.5) is 0 Å². The van der Waals surface area contributed by atoms with Crippen LogP contribution in [0.5, 0.6) is 0 Å². The summed E-state index contributed by atoms with van der Waals surface area (Å²) in [6, 6.07) is -0.0547. The lowest BCUT2D eigenvalue weighted by molar-refractivity contribution is -0.136. The Morgan fingerprint density at radius 2 is 2.29 bits per heavy atom. The lowest BCUT2D eigenvalue weighted by Gasteiger charge is -2.31. The molecular formula is C12H19N3O2. The van der Waals surface area contributed by atoms with E-state index in [1.54, 1.807) is 0 Å². The van der Waals surface area contributed by atoms with Crippen molar-refractivity contribution in [1.82, 2.24) is 15.2 Å². The van der Waals surface area contributed by atoms with E-state index in [9.17, 15) is 4.79 Å². The van der Waals surface area contributed by atoms with E-state index in [-0.39, 0.29) is 11.9 Å². The smallest absolute Gasteiger partial charge is 0.240 e. The zero-order valence-electron chi connectivity index (χ0n) is 10.6. The average Bonchev–Trinajstić information content (AvgIpc) is 2.61. The van der Waals surface area contributed by atoms with Gasteiger partial charge in [0, 0.05) is 6.54 Å². The normalized spacial score (nSPS) is 21.0. The van der Waals surface area contributed by atoms with Crippen molar-refractivity contribution in [1.29, 1.82) is 0 Å². The molecule has 94 valence electrons. The number of aromatic nitrogens is 1. The second kappa shape index (κ2) is 4.87. The number of hydrogen-bond donors (Lipinski definition) is 1. The third kappa shape index (κ3) is 2.49. The van der Waals surface area contributed by atoms with Crippen LogP contribution in [0, 0.1) is 13.8 Å². The van der Waals surface area contributed by atoms with Crippen molar-refractivity contribution in [2.75, 3.05) is 13.6 Å². The summed E-state index contributed by atoms with van der Waals surface area (Å²) in [7, 11) is 1.82. The molecule has 0 radical (unpaired) electrons. The van der Waals surface area contributed by atoms with E-state index in [0.29, 0.717) is 12.4 Å². The topological polar surface area (TPSA) is 58.4 Å². The van der Waals surface area contributed by atoms with E-state index in [4.69, 9.17) is 4.42 Å². The van der Waals surface area contributed by atoms with Crippen molar-refractivity contribution in [2.45, 2.75) is 39.3 Å². The van der Waals surface area contributed by atoms with E-state index in [1.807, 2.05) is 25.8 Å². The molecule has 1 saturated heterocycles. The highest BCUT2D eigenvalue weighted by molar-refractivity contribution is 5.82. The zero-order valence-corrected chi connectivity index (χ0v) is 10.6. The highest BCUT2D eigenvalue weighted by Gasteiger charge is 2.28. The minimum Gasteiger partial charge on any atom is -0.444 e. The third-order valence-electron chi connectivity index (χ3n) is 3.28. The Kier molecular flexibility index (Phi) is 3.47. The number of carbonyl (C=O) groups is 1. The molecule has 1 aliphatic heterocycles. The molecule has 2 heterocycles. The van der Waals surface area contributed by atoms with E-state index >= 15 is 0 Å². The highest BCUT2D eigenvalue weighted by atomic mass is 16.4. The maximum atomic E-state index is 12.0. The predicted molar refractivity (Wildman–Crippen MR) is 63.5 cm³/mol. The van der Waals surface area contributed by atoms with Crippen LogP contribution in [-0.2, 0) is 11.3 Å². The van der Waals surface area contributed by atoms with Crippen LogP contribution in [0.15, 0.2) is 4.42 Å². The number of amides is 1. The number of aryl methyl sites for hydroxylation is 2. The molecule has 0 aliphatic carbocycles. The lowest BCUT2D eigenvalue weighted by Crippen LogP contribution is -2.49. The number of nitrogens with zero attached hydrogens (tertiary/aromatic N) is 2. The summed E-state index contributed by atoms with van der Waals surface area (Å²) in [6.45, 7) is 5.07. The van der Waals surface area contributed by atoms with Crippen molar-refractivity contribution in [3.8, 4) is 0 Å².